The monoisotopic (exact) mass is 125 g/mol. The van der Waals surface area contributed by atoms with Crippen LogP contribution in [0.4, 0.5) is 0 Å². The third kappa shape index (κ3) is 1.74. The SMILES string of the molecule is C[C@H]1C=CNC(C)(C)C1. The minimum absolute atomic E-state index is 0.314. The van der Waals surface area contributed by atoms with Crippen molar-refractivity contribution in [3.8, 4) is 0 Å². The molecule has 1 N–H and O–H groups in total. The smallest absolute Gasteiger partial charge is 0.0317 e. The lowest BCUT2D eigenvalue weighted by molar-refractivity contribution is 0.349. The molecule has 1 nitrogen and oxygen atoms in total. The van der Waals surface area contributed by atoms with Gasteiger partial charge >= 0.3 is 0 Å². The first-order valence-electron chi connectivity index (χ1n) is 3.54. The van der Waals surface area contributed by atoms with E-state index < -0.39 is 0 Å². The van der Waals surface area contributed by atoms with Gasteiger partial charge in [0.15, 0.2) is 0 Å². The van der Waals surface area contributed by atoms with Crippen LogP contribution in [-0.2, 0) is 0 Å². The van der Waals surface area contributed by atoms with Crippen molar-refractivity contribution in [1.82, 2.24) is 5.32 Å². The first-order valence-corrected chi connectivity index (χ1v) is 3.54. The largest absolute Gasteiger partial charge is 0.386 e. The Kier molecular flexibility index (Phi) is 1.52. The molecule has 1 rings (SSSR count). The fourth-order valence-corrected chi connectivity index (χ4v) is 1.37. The molecule has 0 bridgehead atoms. The molecule has 1 heterocycles. The van der Waals surface area contributed by atoms with Crippen molar-refractivity contribution in [1.29, 1.82) is 0 Å². The van der Waals surface area contributed by atoms with E-state index in [2.05, 4.69) is 38.4 Å². The predicted octanol–water partition coefficient (Wildman–Crippen LogP) is 1.91. The standard InChI is InChI=1S/C8H15N/c1-7-4-5-9-8(2,3)6-7/h4-5,7,9H,6H2,1-3H3/t7-/m0/s1. The Morgan fingerprint density at radius 1 is 1.56 bits per heavy atom. The molecule has 0 aromatic carbocycles. The average Bonchev–Trinajstić information content (AvgIpc) is 1.60. The first kappa shape index (κ1) is 6.66. The molecule has 1 atom stereocenters. The lowest BCUT2D eigenvalue weighted by Crippen LogP contribution is -2.39. The molecule has 52 valence electrons. The Morgan fingerprint density at radius 2 is 2.22 bits per heavy atom. The number of rotatable bonds is 0. The van der Waals surface area contributed by atoms with E-state index in [0.29, 0.717) is 5.54 Å². The normalized spacial score (nSPS) is 31.7. The second-order valence-electron chi connectivity index (χ2n) is 3.57. The number of hydrogen-bond donors (Lipinski definition) is 1. The quantitative estimate of drug-likeness (QED) is 0.521. The Balaban J connectivity index is 2.58. The molecule has 9 heavy (non-hydrogen) atoms. The van der Waals surface area contributed by atoms with Crippen molar-refractivity contribution in [2.24, 2.45) is 5.92 Å². The van der Waals surface area contributed by atoms with Crippen LogP contribution in [0.3, 0.4) is 0 Å². The van der Waals surface area contributed by atoms with Crippen molar-refractivity contribution in [3.05, 3.63) is 12.3 Å². The maximum absolute atomic E-state index is 3.31. The molecule has 0 aliphatic carbocycles. The van der Waals surface area contributed by atoms with Gasteiger partial charge < -0.3 is 5.32 Å². The molecule has 0 saturated heterocycles. The zero-order chi connectivity index (χ0) is 6.91. The maximum atomic E-state index is 3.31. The molecule has 0 fully saturated rings. The highest BCUT2D eigenvalue weighted by Gasteiger charge is 2.20. The van der Waals surface area contributed by atoms with Gasteiger partial charge in [0.25, 0.3) is 0 Å². The zero-order valence-electron chi connectivity index (χ0n) is 6.44. The fraction of sp³-hybridized carbons (Fsp3) is 0.750. The summed E-state index contributed by atoms with van der Waals surface area (Å²) in [5.74, 6) is 0.737. The van der Waals surface area contributed by atoms with Crippen LogP contribution in [0.2, 0.25) is 0 Å². The zero-order valence-corrected chi connectivity index (χ0v) is 6.44. The lowest BCUT2D eigenvalue weighted by Gasteiger charge is -2.31. The molecule has 0 unspecified atom stereocenters. The highest BCUT2D eigenvalue weighted by molar-refractivity contribution is 4.99. The summed E-state index contributed by atoms with van der Waals surface area (Å²) in [6.45, 7) is 6.71. The van der Waals surface area contributed by atoms with Crippen molar-refractivity contribution in [3.63, 3.8) is 0 Å². The lowest BCUT2D eigenvalue weighted by atomic mass is 9.89. The summed E-state index contributed by atoms with van der Waals surface area (Å²) < 4.78 is 0. The Bertz CT molecular complexity index is 125. The molecule has 1 heteroatoms. The molecule has 0 amide bonds. The minimum Gasteiger partial charge on any atom is -0.386 e. The Labute approximate surface area is 57.1 Å². The van der Waals surface area contributed by atoms with Gasteiger partial charge in [-0.1, -0.05) is 13.0 Å². The third-order valence-electron chi connectivity index (χ3n) is 1.73. The summed E-state index contributed by atoms with van der Waals surface area (Å²) in [6.07, 6.45) is 5.52. The van der Waals surface area contributed by atoms with Gasteiger partial charge in [-0.2, -0.15) is 0 Å². The van der Waals surface area contributed by atoms with Gasteiger partial charge in [-0.05, 0) is 32.4 Å². The van der Waals surface area contributed by atoms with Crippen LogP contribution >= 0.6 is 0 Å². The van der Waals surface area contributed by atoms with Crippen LogP contribution < -0.4 is 5.32 Å². The number of hydrogen-bond acceptors (Lipinski definition) is 1. The van der Waals surface area contributed by atoms with Crippen LogP contribution in [0.15, 0.2) is 12.3 Å². The summed E-state index contributed by atoms with van der Waals surface area (Å²) in [6, 6.07) is 0. The van der Waals surface area contributed by atoms with E-state index in [1.165, 1.54) is 6.42 Å². The summed E-state index contributed by atoms with van der Waals surface area (Å²) in [7, 11) is 0. The molecule has 0 saturated carbocycles. The van der Waals surface area contributed by atoms with E-state index in [0.717, 1.165) is 5.92 Å². The molecular weight excluding hydrogens is 110 g/mol. The van der Waals surface area contributed by atoms with Crippen LogP contribution in [0.1, 0.15) is 27.2 Å². The molecule has 0 radical (unpaired) electrons. The van der Waals surface area contributed by atoms with Gasteiger partial charge in [0.05, 0.1) is 0 Å². The van der Waals surface area contributed by atoms with Crippen LogP contribution in [0.25, 0.3) is 0 Å². The highest BCUT2D eigenvalue weighted by Crippen LogP contribution is 2.20. The fourth-order valence-electron chi connectivity index (χ4n) is 1.37. The van der Waals surface area contributed by atoms with Gasteiger partial charge in [0.1, 0.15) is 0 Å². The van der Waals surface area contributed by atoms with Crippen molar-refractivity contribution < 1.29 is 0 Å². The maximum Gasteiger partial charge on any atom is 0.0317 e. The van der Waals surface area contributed by atoms with Gasteiger partial charge in [0.2, 0.25) is 0 Å². The summed E-state index contributed by atoms with van der Waals surface area (Å²) in [4.78, 5) is 0. The predicted molar refractivity (Wildman–Crippen MR) is 40.1 cm³/mol. The van der Waals surface area contributed by atoms with Crippen LogP contribution in [0, 0.1) is 5.92 Å². The average molecular weight is 125 g/mol. The van der Waals surface area contributed by atoms with Gasteiger partial charge in [-0.15, -0.1) is 0 Å². The second-order valence-corrected chi connectivity index (χ2v) is 3.57. The van der Waals surface area contributed by atoms with E-state index in [1.807, 2.05) is 0 Å². The van der Waals surface area contributed by atoms with E-state index >= 15 is 0 Å². The molecule has 1 aliphatic rings. The molecule has 0 aromatic rings. The topological polar surface area (TPSA) is 12.0 Å². The third-order valence-corrected chi connectivity index (χ3v) is 1.73. The van der Waals surface area contributed by atoms with Crippen molar-refractivity contribution in [2.75, 3.05) is 0 Å². The second kappa shape index (κ2) is 2.05. The van der Waals surface area contributed by atoms with E-state index in [9.17, 15) is 0 Å². The molecule has 1 aliphatic heterocycles. The highest BCUT2D eigenvalue weighted by atomic mass is 14.9. The number of allylic oxidation sites excluding steroid dienone is 1. The summed E-state index contributed by atoms with van der Waals surface area (Å²) in [5, 5.41) is 3.31. The van der Waals surface area contributed by atoms with E-state index in [4.69, 9.17) is 0 Å². The van der Waals surface area contributed by atoms with Gasteiger partial charge in [-0.3, -0.25) is 0 Å². The Hall–Kier alpha value is -0.460. The first-order chi connectivity index (χ1) is 4.10. The van der Waals surface area contributed by atoms with Crippen LogP contribution in [-0.4, -0.2) is 5.54 Å². The van der Waals surface area contributed by atoms with Gasteiger partial charge in [0, 0.05) is 5.54 Å². The molecular formula is C8H15N. The summed E-state index contributed by atoms with van der Waals surface area (Å²) in [5.41, 5.74) is 0.314. The Morgan fingerprint density at radius 3 is 2.56 bits per heavy atom. The van der Waals surface area contributed by atoms with Gasteiger partial charge in [-0.25, -0.2) is 0 Å². The molecule has 0 aromatic heterocycles. The molecule has 0 spiro atoms. The van der Waals surface area contributed by atoms with E-state index in [1.54, 1.807) is 0 Å². The van der Waals surface area contributed by atoms with E-state index in [-0.39, 0.29) is 0 Å². The van der Waals surface area contributed by atoms with Crippen molar-refractivity contribution in [2.45, 2.75) is 32.7 Å². The number of nitrogens with one attached hydrogen (secondary N) is 1. The summed E-state index contributed by atoms with van der Waals surface area (Å²) >= 11 is 0. The van der Waals surface area contributed by atoms with Crippen LogP contribution in [0.5, 0.6) is 0 Å². The minimum atomic E-state index is 0.314. The van der Waals surface area contributed by atoms with Crippen molar-refractivity contribution >= 4 is 0 Å².